The van der Waals surface area contributed by atoms with Gasteiger partial charge in [0.25, 0.3) is 0 Å². The monoisotopic (exact) mass is 185 g/mol. The molecule has 2 unspecified atom stereocenters. The first-order valence-electron chi connectivity index (χ1n) is 5.47. The largest absolute Gasteiger partial charge is 0.383 e. The fourth-order valence-electron chi connectivity index (χ4n) is 2.14. The standard InChI is InChI=1S/C11H23NO/c1-10-5-4-6-11(2)12(9-10)7-8-13-3/h10-11H,4-9H2,1-3H3. The molecule has 1 heterocycles. The normalized spacial score (nSPS) is 31.6. The Morgan fingerprint density at radius 1 is 1.31 bits per heavy atom. The van der Waals surface area contributed by atoms with Gasteiger partial charge in [-0.15, -0.1) is 0 Å². The highest BCUT2D eigenvalue weighted by Crippen LogP contribution is 2.19. The summed E-state index contributed by atoms with van der Waals surface area (Å²) in [5.74, 6) is 0.863. The minimum atomic E-state index is 0.750. The molecule has 78 valence electrons. The lowest BCUT2D eigenvalue weighted by Crippen LogP contribution is -2.36. The van der Waals surface area contributed by atoms with Crippen molar-refractivity contribution in [1.29, 1.82) is 0 Å². The van der Waals surface area contributed by atoms with Gasteiger partial charge in [-0.05, 0) is 25.7 Å². The van der Waals surface area contributed by atoms with Crippen molar-refractivity contribution in [3.63, 3.8) is 0 Å². The van der Waals surface area contributed by atoms with E-state index in [-0.39, 0.29) is 0 Å². The molecular weight excluding hydrogens is 162 g/mol. The number of methoxy groups -OCH3 is 1. The average molecular weight is 185 g/mol. The van der Waals surface area contributed by atoms with Gasteiger partial charge in [-0.3, -0.25) is 4.90 Å². The summed E-state index contributed by atoms with van der Waals surface area (Å²) in [6, 6.07) is 0.750. The third-order valence-corrected chi connectivity index (χ3v) is 3.07. The predicted molar refractivity (Wildman–Crippen MR) is 55.9 cm³/mol. The van der Waals surface area contributed by atoms with Crippen molar-refractivity contribution in [2.24, 2.45) is 5.92 Å². The van der Waals surface area contributed by atoms with E-state index in [1.165, 1.54) is 25.8 Å². The van der Waals surface area contributed by atoms with Crippen molar-refractivity contribution >= 4 is 0 Å². The Morgan fingerprint density at radius 3 is 2.77 bits per heavy atom. The molecule has 1 aliphatic rings. The van der Waals surface area contributed by atoms with Crippen LogP contribution in [0, 0.1) is 5.92 Å². The molecule has 1 saturated heterocycles. The van der Waals surface area contributed by atoms with Gasteiger partial charge >= 0.3 is 0 Å². The van der Waals surface area contributed by atoms with Crippen molar-refractivity contribution in [3.8, 4) is 0 Å². The van der Waals surface area contributed by atoms with Crippen LogP contribution in [0.3, 0.4) is 0 Å². The molecule has 0 spiro atoms. The topological polar surface area (TPSA) is 12.5 Å². The second-order valence-electron chi connectivity index (χ2n) is 4.37. The highest BCUT2D eigenvalue weighted by atomic mass is 16.5. The summed E-state index contributed by atoms with van der Waals surface area (Å²) in [4.78, 5) is 2.57. The van der Waals surface area contributed by atoms with Crippen LogP contribution in [0.1, 0.15) is 33.1 Å². The minimum absolute atomic E-state index is 0.750. The summed E-state index contributed by atoms with van der Waals surface area (Å²) in [5.41, 5.74) is 0. The summed E-state index contributed by atoms with van der Waals surface area (Å²) in [5, 5.41) is 0. The molecule has 1 fully saturated rings. The lowest BCUT2D eigenvalue weighted by molar-refractivity contribution is 0.119. The summed E-state index contributed by atoms with van der Waals surface area (Å²) < 4.78 is 5.13. The molecule has 0 radical (unpaired) electrons. The van der Waals surface area contributed by atoms with Crippen LogP contribution in [0.2, 0.25) is 0 Å². The molecule has 0 aromatic rings. The second-order valence-corrected chi connectivity index (χ2v) is 4.37. The first kappa shape index (κ1) is 11.0. The zero-order valence-corrected chi connectivity index (χ0v) is 9.25. The number of hydrogen-bond acceptors (Lipinski definition) is 2. The maximum Gasteiger partial charge on any atom is 0.0589 e. The summed E-state index contributed by atoms with van der Waals surface area (Å²) >= 11 is 0. The minimum Gasteiger partial charge on any atom is -0.383 e. The zero-order valence-electron chi connectivity index (χ0n) is 9.25. The van der Waals surface area contributed by atoms with E-state index in [4.69, 9.17) is 4.74 Å². The summed E-state index contributed by atoms with van der Waals surface area (Å²) in [6.07, 6.45) is 4.15. The predicted octanol–water partition coefficient (Wildman–Crippen LogP) is 2.14. The van der Waals surface area contributed by atoms with Crippen LogP contribution >= 0.6 is 0 Å². The third kappa shape index (κ3) is 3.65. The molecule has 0 aromatic heterocycles. The van der Waals surface area contributed by atoms with Gasteiger partial charge < -0.3 is 4.74 Å². The average Bonchev–Trinajstić information content (AvgIpc) is 2.25. The van der Waals surface area contributed by atoms with E-state index < -0.39 is 0 Å². The third-order valence-electron chi connectivity index (χ3n) is 3.07. The van der Waals surface area contributed by atoms with E-state index in [0.717, 1.165) is 25.1 Å². The Morgan fingerprint density at radius 2 is 2.08 bits per heavy atom. The van der Waals surface area contributed by atoms with Crippen LogP contribution in [0.15, 0.2) is 0 Å². The molecule has 0 N–H and O–H groups in total. The lowest BCUT2D eigenvalue weighted by atomic mass is 10.1. The van der Waals surface area contributed by atoms with Gasteiger partial charge in [-0.25, -0.2) is 0 Å². The molecule has 0 aliphatic carbocycles. The first-order chi connectivity index (χ1) is 6.24. The Balaban J connectivity index is 2.37. The van der Waals surface area contributed by atoms with Gasteiger partial charge in [0.2, 0.25) is 0 Å². The van der Waals surface area contributed by atoms with Gasteiger partial charge in [0.15, 0.2) is 0 Å². The van der Waals surface area contributed by atoms with Crippen molar-refractivity contribution in [2.45, 2.75) is 39.2 Å². The molecule has 0 saturated carbocycles. The van der Waals surface area contributed by atoms with E-state index >= 15 is 0 Å². The smallest absolute Gasteiger partial charge is 0.0589 e. The number of rotatable bonds is 3. The van der Waals surface area contributed by atoms with Crippen LogP contribution in [0.5, 0.6) is 0 Å². The number of likely N-dealkylation sites (tertiary alicyclic amines) is 1. The molecule has 13 heavy (non-hydrogen) atoms. The van der Waals surface area contributed by atoms with Crippen molar-refractivity contribution < 1.29 is 4.74 Å². The Bertz CT molecular complexity index is 138. The van der Waals surface area contributed by atoms with Crippen molar-refractivity contribution in [2.75, 3.05) is 26.8 Å². The number of ether oxygens (including phenoxy) is 1. The van der Waals surface area contributed by atoms with Gasteiger partial charge in [-0.1, -0.05) is 13.3 Å². The van der Waals surface area contributed by atoms with Gasteiger partial charge in [0.05, 0.1) is 6.61 Å². The number of nitrogens with zero attached hydrogens (tertiary/aromatic N) is 1. The molecule has 1 aliphatic heterocycles. The number of hydrogen-bond donors (Lipinski definition) is 0. The summed E-state index contributed by atoms with van der Waals surface area (Å²) in [7, 11) is 1.78. The van der Waals surface area contributed by atoms with Crippen LogP contribution < -0.4 is 0 Å². The van der Waals surface area contributed by atoms with Crippen LogP contribution in [0.4, 0.5) is 0 Å². The molecule has 2 atom stereocenters. The van der Waals surface area contributed by atoms with E-state index in [2.05, 4.69) is 18.7 Å². The Labute approximate surface area is 82.3 Å². The van der Waals surface area contributed by atoms with Crippen molar-refractivity contribution in [1.82, 2.24) is 4.90 Å². The van der Waals surface area contributed by atoms with Crippen LogP contribution in [0.25, 0.3) is 0 Å². The van der Waals surface area contributed by atoms with Gasteiger partial charge in [0, 0.05) is 26.2 Å². The molecule has 0 amide bonds. The van der Waals surface area contributed by atoms with Crippen LogP contribution in [-0.2, 0) is 4.74 Å². The SMILES string of the molecule is COCCN1CC(C)CCCC1C. The maximum atomic E-state index is 5.13. The molecule has 1 rings (SSSR count). The Hall–Kier alpha value is -0.0800. The highest BCUT2D eigenvalue weighted by Gasteiger charge is 2.19. The van der Waals surface area contributed by atoms with Crippen LogP contribution in [-0.4, -0.2) is 37.7 Å². The first-order valence-corrected chi connectivity index (χ1v) is 5.47. The molecule has 0 aromatic carbocycles. The van der Waals surface area contributed by atoms with E-state index in [1.54, 1.807) is 7.11 Å². The summed E-state index contributed by atoms with van der Waals surface area (Å²) in [6.45, 7) is 7.93. The molecule has 2 heteroatoms. The molecule has 2 nitrogen and oxygen atoms in total. The van der Waals surface area contributed by atoms with E-state index in [1.807, 2.05) is 0 Å². The van der Waals surface area contributed by atoms with Gasteiger partial charge in [0.1, 0.15) is 0 Å². The zero-order chi connectivity index (χ0) is 9.68. The Kier molecular flexibility index (Phi) is 4.74. The van der Waals surface area contributed by atoms with E-state index in [0.29, 0.717) is 0 Å². The highest BCUT2D eigenvalue weighted by molar-refractivity contribution is 4.74. The fourth-order valence-corrected chi connectivity index (χ4v) is 2.14. The lowest BCUT2D eigenvalue weighted by Gasteiger charge is -2.27. The quantitative estimate of drug-likeness (QED) is 0.668. The van der Waals surface area contributed by atoms with Gasteiger partial charge in [-0.2, -0.15) is 0 Å². The molecular formula is C11H23NO. The fraction of sp³-hybridized carbons (Fsp3) is 1.00. The molecule has 0 bridgehead atoms. The maximum absolute atomic E-state index is 5.13. The van der Waals surface area contributed by atoms with E-state index in [9.17, 15) is 0 Å². The second kappa shape index (κ2) is 5.61. The van der Waals surface area contributed by atoms with Crippen molar-refractivity contribution in [3.05, 3.63) is 0 Å².